The highest BCUT2D eigenvalue weighted by Gasteiger charge is 2.14. The van der Waals surface area contributed by atoms with Crippen LogP contribution < -0.4 is 16.1 Å². The van der Waals surface area contributed by atoms with Crippen molar-refractivity contribution >= 4 is 40.5 Å². The van der Waals surface area contributed by atoms with E-state index in [4.69, 9.17) is 16.4 Å². The van der Waals surface area contributed by atoms with Gasteiger partial charge in [0.15, 0.2) is 0 Å². The molecule has 0 unspecified atom stereocenters. The molecule has 0 saturated heterocycles. The first-order valence-electron chi connectivity index (χ1n) is 9.53. The van der Waals surface area contributed by atoms with E-state index >= 15 is 0 Å². The predicted molar refractivity (Wildman–Crippen MR) is 119 cm³/mol. The van der Waals surface area contributed by atoms with E-state index < -0.39 is 0 Å². The monoisotopic (exact) mass is 428 g/mol. The molecule has 0 fully saturated rings. The van der Waals surface area contributed by atoms with Crippen LogP contribution in [0.25, 0.3) is 0 Å². The number of para-hydroxylation sites is 1. The summed E-state index contributed by atoms with van der Waals surface area (Å²) in [4.78, 5) is 21.4. The Hall–Kier alpha value is -3.10. The third kappa shape index (κ3) is 5.08. The Kier molecular flexibility index (Phi) is 6.91. The molecule has 9 heteroatoms. The zero-order valence-corrected chi connectivity index (χ0v) is 18.1. The molecule has 1 amide bonds. The summed E-state index contributed by atoms with van der Waals surface area (Å²) in [5, 5.41) is 11.4. The number of aromatic nitrogens is 3. The van der Waals surface area contributed by atoms with Gasteiger partial charge in [-0.2, -0.15) is 5.10 Å². The maximum atomic E-state index is 12.2. The van der Waals surface area contributed by atoms with Crippen LogP contribution in [0.1, 0.15) is 29.8 Å². The molecule has 0 aliphatic heterocycles. The molecule has 2 heterocycles. The van der Waals surface area contributed by atoms with Crippen LogP contribution in [0, 0.1) is 12.8 Å². The van der Waals surface area contributed by atoms with Gasteiger partial charge in [-0.25, -0.2) is 15.1 Å². The number of carbonyl (C=O) groups is 1. The summed E-state index contributed by atoms with van der Waals surface area (Å²) in [5.41, 5.74) is 4.97. The molecule has 0 aliphatic rings. The van der Waals surface area contributed by atoms with E-state index in [0.29, 0.717) is 33.7 Å². The van der Waals surface area contributed by atoms with Crippen molar-refractivity contribution in [2.75, 3.05) is 17.7 Å². The Morgan fingerprint density at radius 1 is 1.20 bits per heavy atom. The fourth-order valence-corrected chi connectivity index (χ4v) is 3.08. The lowest BCUT2D eigenvalue weighted by molar-refractivity contribution is 0.0538. The van der Waals surface area contributed by atoms with E-state index in [0.717, 1.165) is 17.9 Å². The Morgan fingerprint density at radius 2 is 1.97 bits per heavy atom. The molecule has 0 saturated carbocycles. The largest absolute Gasteiger partial charge is 0.353 e. The summed E-state index contributed by atoms with van der Waals surface area (Å²) in [6.45, 7) is 7.06. The Bertz CT molecular complexity index is 1030. The number of hydrogen-bond acceptors (Lipinski definition) is 6. The van der Waals surface area contributed by atoms with E-state index in [2.05, 4.69) is 40.0 Å². The highest BCUT2D eigenvalue weighted by Crippen LogP contribution is 2.30. The summed E-state index contributed by atoms with van der Waals surface area (Å²) in [7, 11) is 1.39. The van der Waals surface area contributed by atoms with E-state index in [9.17, 15) is 4.79 Å². The van der Waals surface area contributed by atoms with Gasteiger partial charge >= 0.3 is 0 Å². The number of amides is 1. The van der Waals surface area contributed by atoms with Gasteiger partial charge in [-0.1, -0.05) is 37.6 Å². The van der Waals surface area contributed by atoms with Gasteiger partial charge in [-0.3, -0.25) is 9.63 Å². The molecule has 0 radical (unpaired) electrons. The average Bonchev–Trinajstić information content (AvgIpc) is 3.04. The third-order valence-corrected chi connectivity index (χ3v) is 4.60. The summed E-state index contributed by atoms with van der Waals surface area (Å²) >= 11 is 6.36. The normalized spacial score (nSPS) is 10.9. The highest BCUT2D eigenvalue weighted by molar-refractivity contribution is 6.33. The number of hydroxylamine groups is 1. The number of aryl methyl sites for hydroxylation is 1. The molecule has 0 aliphatic carbocycles. The first kappa shape index (κ1) is 21.6. The number of benzene rings is 1. The molecule has 30 heavy (non-hydrogen) atoms. The molecular weight excluding hydrogens is 404 g/mol. The molecular formula is C21H25ClN6O2. The SMILES string of the molecule is CONC(=O)c1ccccc1Nc1cc(Nc2c(C)cnn2CC(C)C)ncc1Cl. The zero-order chi connectivity index (χ0) is 21.7. The molecule has 3 N–H and O–H groups in total. The molecule has 0 bridgehead atoms. The van der Waals surface area contributed by atoms with Crippen molar-refractivity contribution in [2.24, 2.45) is 5.92 Å². The summed E-state index contributed by atoms with van der Waals surface area (Å²) in [6.07, 6.45) is 3.38. The number of nitrogens with one attached hydrogen (secondary N) is 3. The molecule has 8 nitrogen and oxygen atoms in total. The van der Waals surface area contributed by atoms with Crippen LogP contribution in [0.2, 0.25) is 5.02 Å². The summed E-state index contributed by atoms with van der Waals surface area (Å²) in [5.74, 6) is 1.58. The van der Waals surface area contributed by atoms with E-state index in [1.54, 1.807) is 30.5 Å². The molecule has 3 rings (SSSR count). The van der Waals surface area contributed by atoms with Crippen LogP contribution >= 0.6 is 11.6 Å². The number of pyridine rings is 1. The van der Waals surface area contributed by atoms with E-state index in [1.165, 1.54) is 7.11 Å². The lowest BCUT2D eigenvalue weighted by Gasteiger charge is -2.15. The van der Waals surface area contributed by atoms with Crippen molar-refractivity contribution in [1.29, 1.82) is 0 Å². The quantitative estimate of drug-likeness (QED) is 0.451. The van der Waals surface area contributed by atoms with Gasteiger partial charge in [-0.15, -0.1) is 0 Å². The minimum Gasteiger partial charge on any atom is -0.353 e. The third-order valence-electron chi connectivity index (χ3n) is 4.30. The zero-order valence-electron chi connectivity index (χ0n) is 17.4. The number of rotatable bonds is 8. The van der Waals surface area contributed by atoms with Gasteiger partial charge in [0.1, 0.15) is 11.6 Å². The number of nitrogens with zero attached hydrogens (tertiary/aromatic N) is 3. The van der Waals surface area contributed by atoms with Crippen LogP contribution in [-0.2, 0) is 11.4 Å². The maximum Gasteiger partial charge on any atom is 0.276 e. The molecule has 3 aromatic rings. The Morgan fingerprint density at radius 3 is 2.70 bits per heavy atom. The van der Waals surface area contributed by atoms with Gasteiger partial charge in [0.25, 0.3) is 5.91 Å². The minimum atomic E-state index is -0.364. The van der Waals surface area contributed by atoms with E-state index in [-0.39, 0.29) is 5.91 Å². The highest BCUT2D eigenvalue weighted by atomic mass is 35.5. The van der Waals surface area contributed by atoms with Crippen molar-refractivity contribution in [3.05, 3.63) is 58.9 Å². The van der Waals surface area contributed by atoms with Gasteiger partial charge in [-0.05, 0) is 25.0 Å². The van der Waals surface area contributed by atoms with E-state index in [1.807, 2.05) is 23.9 Å². The second-order valence-electron chi connectivity index (χ2n) is 7.23. The molecule has 158 valence electrons. The fraction of sp³-hybridized carbons (Fsp3) is 0.286. The van der Waals surface area contributed by atoms with Crippen molar-refractivity contribution < 1.29 is 9.63 Å². The van der Waals surface area contributed by atoms with Crippen LogP contribution in [0.15, 0.2) is 42.7 Å². The minimum absolute atomic E-state index is 0.364. The van der Waals surface area contributed by atoms with Gasteiger partial charge in [0.2, 0.25) is 0 Å². The molecule has 0 atom stereocenters. The van der Waals surface area contributed by atoms with Crippen molar-refractivity contribution in [3.8, 4) is 0 Å². The number of halogens is 1. The van der Waals surface area contributed by atoms with Crippen molar-refractivity contribution in [2.45, 2.75) is 27.3 Å². The molecule has 0 spiro atoms. The number of carbonyl (C=O) groups excluding carboxylic acids is 1. The van der Waals surface area contributed by atoms with Crippen LogP contribution in [-0.4, -0.2) is 27.8 Å². The fourth-order valence-electron chi connectivity index (χ4n) is 2.93. The first-order valence-corrected chi connectivity index (χ1v) is 9.91. The number of hydrogen-bond donors (Lipinski definition) is 3. The maximum absolute atomic E-state index is 12.2. The molecule has 1 aromatic carbocycles. The lowest BCUT2D eigenvalue weighted by Crippen LogP contribution is -2.22. The summed E-state index contributed by atoms with van der Waals surface area (Å²) < 4.78 is 1.92. The van der Waals surface area contributed by atoms with Crippen LogP contribution in [0.5, 0.6) is 0 Å². The first-order chi connectivity index (χ1) is 14.4. The van der Waals surface area contributed by atoms with Crippen molar-refractivity contribution in [1.82, 2.24) is 20.2 Å². The second kappa shape index (κ2) is 9.60. The smallest absolute Gasteiger partial charge is 0.276 e. The van der Waals surface area contributed by atoms with Gasteiger partial charge in [0, 0.05) is 18.2 Å². The van der Waals surface area contributed by atoms with Gasteiger partial charge in [0.05, 0.1) is 41.5 Å². The van der Waals surface area contributed by atoms with Crippen molar-refractivity contribution in [3.63, 3.8) is 0 Å². The lowest BCUT2D eigenvalue weighted by atomic mass is 10.1. The van der Waals surface area contributed by atoms with Crippen LogP contribution in [0.3, 0.4) is 0 Å². The number of anilines is 4. The average molecular weight is 429 g/mol. The van der Waals surface area contributed by atoms with Gasteiger partial charge < -0.3 is 10.6 Å². The Labute approximate surface area is 180 Å². The topological polar surface area (TPSA) is 93.1 Å². The Balaban J connectivity index is 1.88. The predicted octanol–water partition coefficient (Wildman–Crippen LogP) is 4.67. The molecule has 2 aromatic heterocycles. The van der Waals surface area contributed by atoms with Crippen LogP contribution in [0.4, 0.5) is 23.0 Å². The standard InChI is InChI=1S/C21H25ClN6O2/c1-13(2)12-28-20(14(3)10-24-28)26-19-9-18(16(22)11-23-19)25-17-8-6-5-7-15(17)21(29)27-30-4/h5-11,13H,12H2,1-4H3,(H,27,29)(H2,23,25,26). The second-order valence-corrected chi connectivity index (χ2v) is 7.64. The summed E-state index contributed by atoms with van der Waals surface area (Å²) in [6, 6.07) is 8.87.